The summed E-state index contributed by atoms with van der Waals surface area (Å²) in [7, 11) is 0. The van der Waals surface area contributed by atoms with Crippen molar-refractivity contribution in [2.75, 3.05) is 5.32 Å². The minimum Gasteiger partial charge on any atom is -0.410 e. The molecule has 2 rings (SSSR count). The lowest BCUT2D eigenvalue weighted by Gasteiger charge is -2.09. The maximum atomic E-state index is 13.8. The summed E-state index contributed by atoms with van der Waals surface area (Å²) in [5.41, 5.74) is 1.47. The minimum absolute atomic E-state index is 0.124. The molecule has 0 radical (unpaired) electrons. The lowest BCUT2D eigenvalue weighted by atomic mass is 10.1. The molecular formula is C15H14FNO2. The minimum atomic E-state index is -0.713. The van der Waals surface area contributed by atoms with Gasteiger partial charge in [0.15, 0.2) is 0 Å². The Morgan fingerprint density at radius 1 is 1.16 bits per heavy atom. The summed E-state index contributed by atoms with van der Waals surface area (Å²) >= 11 is 0. The smallest absolute Gasteiger partial charge is 0.410 e. The quantitative estimate of drug-likeness (QED) is 0.883. The van der Waals surface area contributed by atoms with E-state index in [0.29, 0.717) is 11.3 Å². The van der Waals surface area contributed by atoms with Crippen LogP contribution in [-0.2, 0) is 0 Å². The van der Waals surface area contributed by atoms with Crippen molar-refractivity contribution in [1.82, 2.24) is 0 Å². The van der Waals surface area contributed by atoms with Crippen LogP contribution in [-0.4, -0.2) is 6.09 Å². The second kappa shape index (κ2) is 5.52. The molecule has 0 aliphatic carbocycles. The molecule has 0 aromatic heterocycles. The molecule has 0 heterocycles. The molecule has 98 valence electrons. The highest BCUT2D eigenvalue weighted by Gasteiger charge is 2.11. The molecule has 2 aromatic rings. The second-order valence-electron chi connectivity index (χ2n) is 4.27. The van der Waals surface area contributed by atoms with Crippen LogP contribution < -0.4 is 10.1 Å². The summed E-state index contributed by atoms with van der Waals surface area (Å²) in [6, 6.07) is 11.9. The first kappa shape index (κ1) is 13.1. The van der Waals surface area contributed by atoms with Gasteiger partial charge in [0.05, 0.1) is 5.69 Å². The van der Waals surface area contributed by atoms with Gasteiger partial charge >= 0.3 is 6.09 Å². The maximum Gasteiger partial charge on any atom is 0.417 e. The Bertz CT molecular complexity index is 597. The Hall–Kier alpha value is -2.36. The number of hydrogen-bond donors (Lipinski definition) is 1. The molecule has 0 spiro atoms. The van der Waals surface area contributed by atoms with E-state index in [0.717, 1.165) is 5.56 Å². The third-order valence-electron chi connectivity index (χ3n) is 2.59. The summed E-state index contributed by atoms with van der Waals surface area (Å²) in [6.07, 6.45) is -0.713. The van der Waals surface area contributed by atoms with Gasteiger partial charge in [0.25, 0.3) is 0 Å². The summed E-state index contributed by atoms with van der Waals surface area (Å²) in [6.45, 7) is 3.48. The van der Waals surface area contributed by atoms with Crippen LogP contribution in [0.2, 0.25) is 0 Å². The first-order valence-corrected chi connectivity index (χ1v) is 5.87. The molecule has 0 unspecified atom stereocenters. The number of amides is 1. The molecular weight excluding hydrogens is 245 g/mol. The van der Waals surface area contributed by atoms with Gasteiger partial charge in [0, 0.05) is 0 Å². The zero-order chi connectivity index (χ0) is 13.8. The summed E-state index contributed by atoms with van der Waals surface area (Å²) in [4.78, 5) is 11.7. The molecule has 0 atom stereocenters. The number of carbonyl (C=O) groups is 1. The Balaban J connectivity index is 2.11. The van der Waals surface area contributed by atoms with Gasteiger partial charge in [0.2, 0.25) is 0 Å². The highest BCUT2D eigenvalue weighted by Crippen LogP contribution is 2.20. The van der Waals surface area contributed by atoms with Crippen molar-refractivity contribution in [3.63, 3.8) is 0 Å². The molecule has 0 aliphatic heterocycles. The molecule has 0 bridgehead atoms. The zero-order valence-corrected chi connectivity index (χ0v) is 10.7. The van der Waals surface area contributed by atoms with Crippen molar-refractivity contribution in [3.05, 3.63) is 59.4 Å². The normalized spacial score (nSPS) is 10.1. The standard InChI is InChI=1S/C15H14FNO2/c1-10-8-11(2)14(16)13(9-10)17-15(18)19-12-6-4-3-5-7-12/h3-9H,1-2H3,(H,17,18). The zero-order valence-electron chi connectivity index (χ0n) is 10.7. The van der Waals surface area contributed by atoms with Gasteiger partial charge in [-0.3, -0.25) is 5.32 Å². The Labute approximate surface area is 111 Å². The number of para-hydroxylation sites is 1. The van der Waals surface area contributed by atoms with Crippen LogP contribution in [0, 0.1) is 19.7 Å². The number of anilines is 1. The molecule has 3 nitrogen and oxygen atoms in total. The molecule has 0 fully saturated rings. The highest BCUT2D eigenvalue weighted by molar-refractivity contribution is 5.86. The Kier molecular flexibility index (Phi) is 3.80. The topological polar surface area (TPSA) is 38.3 Å². The predicted octanol–water partition coefficient (Wildman–Crippen LogP) is 4.05. The molecule has 4 heteroatoms. The van der Waals surface area contributed by atoms with E-state index >= 15 is 0 Å². The number of hydrogen-bond acceptors (Lipinski definition) is 2. The van der Waals surface area contributed by atoms with Crippen molar-refractivity contribution in [2.45, 2.75) is 13.8 Å². The van der Waals surface area contributed by atoms with E-state index in [4.69, 9.17) is 4.74 Å². The van der Waals surface area contributed by atoms with E-state index in [1.165, 1.54) is 0 Å². The second-order valence-corrected chi connectivity index (χ2v) is 4.27. The van der Waals surface area contributed by atoms with Gasteiger partial charge < -0.3 is 4.74 Å². The van der Waals surface area contributed by atoms with E-state index in [9.17, 15) is 9.18 Å². The monoisotopic (exact) mass is 259 g/mol. The molecule has 19 heavy (non-hydrogen) atoms. The van der Waals surface area contributed by atoms with E-state index in [1.807, 2.05) is 13.0 Å². The van der Waals surface area contributed by atoms with E-state index in [-0.39, 0.29) is 5.69 Å². The fourth-order valence-corrected chi connectivity index (χ4v) is 1.77. The van der Waals surface area contributed by atoms with Gasteiger partial charge in [-0.05, 0) is 43.2 Å². The maximum absolute atomic E-state index is 13.8. The summed E-state index contributed by atoms with van der Waals surface area (Å²) < 4.78 is 18.8. The van der Waals surface area contributed by atoms with E-state index in [1.54, 1.807) is 43.3 Å². The van der Waals surface area contributed by atoms with Gasteiger partial charge in [-0.25, -0.2) is 9.18 Å². The van der Waals surface area contributed by atoms with Gasteiger partial charge in [-0.1, -0.05) is 24.3 Å². The molecule has 0 saturated heterocycles. The van der Waals surface area contributed by atoms with Gasteiger partial charge in [-0.15, -0.1) is 0 Å². The number of nitrogens with one attached hydrogen (secondary N) is 1. The molecule has 1 amide bonds. The summed E-state index contributed by atoms with van der Waals surface area (Å²) in [5.74, 6) is -0.0413. The largest absolute Gasteiger partial charge is 0.417 e. The average molecular weight is 259 g/mol. The Morgan fingerprint density at radius 3 is 2.53 bits per heavy atom. The van der Waals surface area contributed by atoms with Crippen LogP contribution in [0.15, 0.2) is 42.5 Å². The molecule has 1 N–H and O–H groups in total. The van der Waals surface area contributed by atoms with Crippen molar-refractivity contribution in [2.24, 2.45) is 0 Å². The summed E-state index contributed by atoms with van der Waals surface area (Å²) in [5, 5.41) is 2.40. The van der Waals surface area contributed by atoms with Crippen LogP contribution in [0.1, 0.15) is 11.1 Å². The van der Waals surface area contributed by atoms with Crippen molar-refractivity contribution in [3.8, 4) is 5.75 Å². The SMILES string of the molecule is Cc1cc(C)c(F)c(NC(=O)Oc2ccccc2)c1. The Morgan fingerprint density at radius 2 is 1.84 bits per heavy atom. The molecule has 2 aromatic carbocycles. The fourth-order valence-electron chi connectivity index (χ4n) is 1.77. The first-order chi connectivity index (χ1) is 9.06. The number of carbonyl (C=O) groups excluding carboxylic acids is 1. The third kappa shape index (κ3) is 3.31. The number of rotatable bonds is 2. The average Bonchev–Trinajstić information content (AvgIpc) is 2.36. The molecule has 0 saturated carbocycles. The lowest BCUT2D eigenvalue weighted by Crippen LogP contribution is -2.17. The van der Waals surface area contributed by atoms with Crippen molar-refractivity contribution < 1.29 is 13.9 Å². The van der Waals surface area contributed by atoms with Crippen LogP contribution in [0.25, 0.3) is 0 Å². The van der Waals surface area contributed by atoms with Gasteiger partial charge in [-0.2, -0.15) is 0 Å². The van der Waals surface area contributed by atoms with E-state index in [2.05, 4.69) is 5.32 Å². The number of halogens is 1. The number of benzene rings is 2. The fraction of sp³-hybridized carbons (Fsp3) is 0.133. The van der Waals surface area contributed by atoms with Crippen LogP contribution in [0.3, 0.4) is 0 Å². The molecule has 0 aliphatic rings. The third-order valence-corrected chi connectivity index (χ3v) is 2.59. The van der Waals surface area contributed by atoms with E-state index < -0.39 is 11.9 Å². The lowest BCUT2D eigenvalue weighted by molar-refractivity contribution is 0.215. The van der Waals surface area contributed by atoms with Crippen LogP contribution in [0.4, 0.5) is 14.9 Å². The van der Waals surface area contributed by atoms with Crippen molar-refractivity contribution >= 4 is 11.8 Å². The van der Waals surface area contributed by atoms with Crippen LogP contribution >= 0.6 is 0 Å². The first-order valence-electron chi connectivity index (χ1n) is 5.87. The predicted molar refractivity (Wildman–Crippen MR) is 72.0 cm³/mol. The van der Waals surface area contributed by atoms with Crippen molar-refractivity contribution in [1.29, 1.82) is 0 Å². The van der Waals surface area contributed by atoms with Crippen LogP contribution in [0.5, 0.6) is 5.75 Å². The highest BCUT2D eigenvalue weighted by atomic mass is 19.1. The number of aryl methyl sites for hydroxylation is 2. The number of ether oxygens (including phenoxy) is 1. The van der Waals surface area contributed by atoms with Gasteiger partial charge in [0.1, 0.15) is 11.6 Å².